The summed E-state index contributed by atoms with van der Waals surface area (Å²) in [6.07, 6.45) is -1.56. The Labute approximate surface area is 259 Å². The molecule has 0 radical (unpaired) electrons. The molecule has 1 aromatic carbocycles. The molecule has 1 atom stereocenters. The van der Waals surface area contributed by atoms with Crippen molar-refractivity contribution in [2.45, 2.75) is 77.8 Å². The fourth-order valence-electron chi connectivity index (χ4n) is 4.91. The predicted octanol–water partition coefficient (Wildman–Crippen LogP) is 7.24. The molecule has 0 spiro atoms. The Morgan fingerprint density at radius 1 is 1.05 bits per heavy atom. The molecule has 0 aliphatic carbocycles. The largest absolute Gasteiger partial charge is 0.444 e. The van der Waals surface area contributed by atoms with Gasteiger partial charge in [-0.3, -0.25) is 0 Å². The third-order valence-electron chi connectivity index (χ3n) is 7.08. The van der Waals surface area contributed by atoms with Crippen LogP contribution in [-0.4, -0.2) is 77.3 Å². The number of amides is 1. The Bertz CT molecular complexity index is 1410. The van der Waals surface area contributed by atoms with Gasteiger partial charge in [0.15, 0.2) is 5.13 Å². The van der Waals surface area contributed by atoms with E-state index in [4.69, 9.17) is 9.47 Å². The molecule has 2 aromatic heterocycles. The van der Waals surface area contributed by atoms with Crippen LogP contribution in [0.1, 0.15) is 54.4 Å². The standard InChI is InChI=1S/C31H41F4N5O3S/c1-29(2,3)42-19-40(27-37-16-25(44-27)20-7-8-21-15-36-26(32)14-22(21)13-20)18-24(38-28(41)43-30(4,5)6)17-39-11-9-23(10-12-39)31(33,34)35/h7-8,13-16,23-24H,9-12,17-19H2,1-6H3,(H,38,41). The van der Waals surface area contributed by atoms with Gasteiger partial charge in [0.1, 0.15) is 12.3 Å². The van der Waals surface area contributed by atoms with Crippen LogP contribution in [-0.2, 0) is 9.47 Å². The van der Waals surface area contributed by atoms with E-state index in [1.807, 2.05) is 48.8 Å². The van der Waals surface area contributed by atoms with Crippen molar-refractivity contribution in [2.24, 2.45) is 5.92 Å². The number of hydrogen-bond acceptors (Lipinski definition) is 8. The molecule has 242 valence electrons. The molecule has 13 heteroatoms. The van der Waals surface area contributed by atoms with E-state index in [9.17, 15) is 22.4 Å². The first kappa shape index (κ1) is 33.9. The fourth-order valence-corrected chi connectivity index (χ4v) is 5.82. The number of carbonyl (C=O) groups excluding carboxylic acids is 1. The smallest absolute Gasteiger partial charge is 0.407 e. The first-order valence-electron chi connectivity index (χ1n) is 14.6. The van der Waals surface area contributed by atoms with Crippen LogP contribution in [0.2, 0.25) is 0 Å². The molecule has 3 aromatic rings. The number of aromatic nitrogens is 2. The summed E-state index contributed by atoms with van der Waals surface area (Å²) in [4.78, 5) is 25.9. The van der Waals surface area contributed by atoms with Gasteiger partial charge in [-0.25, -0.2) is 14.8 Å². The van der Waals surface area contributed by atoms with E-state index in [-0.39, 0.29) is 39.2 Å². The average molecular weight is 640 g/mol. The Hall–Kier alpha value is -3.03. The summed E-state index contributed by atoms with van der Waals surface area (Å²) in [5.74, 6) is -1.87. The first-order valence-corrected chi connectivity index (χ1v) is 15.5. The Morgan fingerprint density at radius 3 is 2.39 bits per heavy atom. The van der Waals surface area contributed by atoms with E-state index >= 15 is 0 Å². The molecule has 1 amide bonds. The van der Waals surface area contributed by atoms with Crippen LogP contribution in [0.15, 0.2) is 36.7 Å². The van der Waals surface area contributed by atoms with Gasteiger partial charge in [0, 0.05) is 36.9 Å². The fraction of sp³-hybridized carbons (Fsp3) is 0.581. The van der Waals surface area contributed by atoms with E-state index in [1.165, 1.54) is 23.6 Å². The lowest BCUT2D eigenvalue weighted by atomic mass is 9.96. The van der Waals surface area contributed by atoms with E-state index in [1.54, 1.807) is 27.0 Å². The van der Waals surface area contributed by atoms with Crippen LogP contribution in [0.3, 0.4) is 0 Å². The number of alkyl carbamates (subject to hydrolysis) is 1. The molecule has 4 rings (SSSR count). The molecule has 1 saturated heterocycles. The number of nitrogens with zero attached hydrogens (tertiary/aromatic N) is 4. The average Bonchev–Trinajstić information content (AvgIpc) is 3.39. The van der Waals surface area contributed by atoms with Crippen molar-refractivity contribution in [3.05, 3.63) is 42.6 Å². The van der Waals surface area contributed by atoms with Gasteiger partial charge < -0.3 is 24.6 Å². The highest BCUT2D eigenvalue weighted by molar-refractivity contribution is 7.18. The topological polar surface area (TPSA) is 79.8 Å². The van der Waals surface area contributed by atoms with Gasteiger partial charge in [-0.15, -0.1) is 0 Å². The number of piperidine rings is 1. The van der Waals surface area contributed by atoms with E-state index in [2.05, 4.69) is 15.3 Å². The summed E-state index contributed by atoms with van der Waals surface area (Å²) in [5.41, 5.74) is -0.334. The maximum absolute atomic E-state index is 13.8. The van der Waals surface area contributed by atoms with Crippen LogP contribution in [0, 0.1) is 11.9 Å². The van der Waals surface area contributed by atoms with Gasteiger partial charge in [0.2, 0.25) is 5.95 Å². The van der Waals surface area contributed by atoms with Crippen molar-refractivity contribution in [3.63, 3.8) is 0 Å². The lowest BCUT2D eigenvalue weighted by Gasteiger charge is -2.37. The molecule has 0 bridgehead atoms. The predicted molar refractivity (Wildman–Crippen MR) is 164 cm³/mol. The first-order chi connectivity index (χ1) is 20.4. The summed E-state index contributed by atoms with van der Waals surface area (Å²) < 4.78 is 65.3. The highest BCUT2D eigenvalue weighted by Gasteiger charge is 2.41. The number of halogens is 4. The monoisotopic (exact) mass is 639 g/mol. The second-order valence-electron chi connectivity index (χ2n) is 13.1. The Morgan fingerprint density at radius 2 is 1.75 bits per heavy atom. The molecule has 1 unspecified atom stereocenters. The lowest BCUT2D eigenvalue weighted by Crippen LogP contribution is -2.53. The van der Waals surface area contributed by atoms with Gasteiger partial charge >= 0.3 is 12.3 Å². The Balaban J connectivity index is 1.57. The van der Waals surface area contributed by atoms with Crippen molar-refractivity contribution in [1.82, 2.24) is 20.2 Å². The summed E-state index contributed by atoms with van der Waals surface area (Å²) >= 11 is 1.42. The van der Waals surface area contributed by atoms with Gasteiger partial charge in [0.05, 0.1) is 22.4 Å². The van der Waals surface area contributed by atoms with Gasteiger partial charge in [-0.2, -0.15) is 17.6 Å². The number of pyridine rings is 1. The highest BCUT2D eigenvalue weighted by atomic mass is 32.1. The maximum atomic E-state index is 13.8. The second kappa shape index (κ2) is 13.5. The molecular formula is C31H41F4N5O3S. The normalized spacial score (nSPS) is 16.2. The van der Waals surface area contributed by atoms with Crippen molar-refractivity contribution in [2.75, 3.05) is 37.8 Å². The minimum absolute atomic E-state index is 0.0149. The molecule has 1 aliphatic rings. The number of alkyl halides is 3. The van der Waals surface area contributed by atoms with Crippen LogP contribution in [0.5, 0.6) is 0 Å². The zero-order chi connectivity index (χ0) is 32.3. The quantitative estimate of drug-likeness (QED) is 0.150. The minimum Gasteiger partial charge on any atom is -0.444 e. The minimum atomic E-state index is -4.21. The van der Waals surface area contributed by atoms with Crippen LogP contribution in [0.25, 0.3) is 21.2 Å². The van der Waals surface area contributed by atoms with Crippen molar-refractivity contribution < 1.29 is 31.8 Å². The molecular weight excluding hydrogens is 598 g/mol. The third kappa shape index (κ3) is 10.00. The maximum Gasteiger partial charge on any atom is 0.407 e. The summed E-state index contributed by atoms with van der Waals surface area (Å²) in [5, 5.41) is 5.10. The summed E-state index contributed by atoms with van der Waals surface area (Å²) in [6.45, 7) is 12.4. The van der Waals surface area contributed by atoms with E-state index < -0.39 is 41.4 Å². The van der Waals surface area contributed by atoms with Gasteiger partial charge in [0.25, 0.3) is 0 Å². The number of likely N-dealkylation sites (tertiary alicyclic amines) is 1. The number of rotatable bonds is 9. The zero-order valence-corrected chi connectivity index (χ0v) is 26.8. The SMILES string of the molecule is CC(C)(C)OCN(CC(CN1CCC(C(F)(F)F)CC1)NC(=O)OC(C)(C)C)c1ncc(-c2ccc3cnc(F)cc3c2)s1. The number of ether oxygens (including phenoxy) is 2. The molecule has 1 N–H and O–H groups in total. The number of benzene rings is 1. The number of nitrogens with one attached hydrogen (secondary N) is 1. The second-order valence-corrected chi connectivity index (χ2v) is 14.2. The third-order valence-corrected chi connectivity index (χ3v) is 8.19. The molecule has 3 heterocycles. The molecule has 1 fully saturated rings. The number of carbonyl (C=O) groups is 1. The molecule has 8 nitrogen and oxygen atoms in total. The molecule has 0 saturated carbocycles. The van der Waals surface area contributed by atoms with E-state index in [0.717, 1.165) is 15.8 Å². The number of anilines is 1. The lowest BCUT2D eigenvalue weighted by molar-refractivity contribution is -0.185. The van der Waals surface area contributed by atoms with Crippen molar-refractivity contribution in [3.8, 4) is 10.4 Å². The number of thiazole rings is 1. The van der Waals surface area contributed by atoms with Crippen molar-refractivity contribution in [1.29, 1.82) is 0 Å². The molecule has 44 heavy (non-hydrogen) atoms. The highest BCUT2D eigenvalue weighted by Crippen LogP contribution is 2.35. The van der Waals surface area contributed by atoms with Gasteiger partial charge in [-0.1, -0.05) is 23.5 Å². The van der Waals surface area contributed by atoms with Crippen LogP contribution < -0.4 is 10.2 Å². The number of hydrogen-bond donors (Lipinski definition) is 1. The zero-order valence-electron chi connectivity index (χ0n) is 26.0. The van der Waals surface area contributed by atoms with E-state index in [0.29, 0.717) is 17.1 Å². The summed E-state index contributed by atoms with van der Waals surface area (Å²) in [6, 6.07) is 6.56. The van der Waals surface area contributed by atoms with Crippen LogP contribution >= 0.6 is 11.3 Å². The summed E-state index contributed by atoms with van der Waals surface area (Å²) in [7, 11) is 0. The number of fused-ring (bicyclic) bond motifs is 1. The Kier molecular flexibility index (Phi) is 10.4. The molecule has 1 aliphatic heterocycles. The van der Waals surface area contributed by atoms with Crippen molar-refractivity contribution >= 4 is 33.3 Å². The van der Waals surface area contributed by atoms with Crippen LogP contribution in [0.4, 0.5) is 27.5 Å². The van der Waals surface area contributed by atoms with Gasteiger partial charge in [-0.05, 0) is 84.5 Å².